The van der Waals surface area contributed by atoms with Crippen molar-refractivity contribution in [2.75, 3.05) is 0 Å². The molecule has 0 unspecified atom stereocenters. The van der Waals surface area contributed by atoms with E-state index in [9.17, 15) is 0 Å². The summed E-state index contributed by atoms with van der Waals surface area (Å²) in [5.74, 6) is 1.70. The largest absolute Gasteiger partial charge is 0.456 e. The van der Waals surface area contributed by atoms with Gasteiger partial charge in [-0.15, -0.1) is 0 Å². The van der Waals surface area contributed by atoms with E-state index in [0.717, 1.165) is 22.5 Å². The zero-order valence-corrected chi connectivity index (χ0v) is 13.7. The van der Waals surface area contributed by atoms with Crippen molar-refractivity contribution in [3.05, 3.63) is 58.1 Å². The average Bonchev–Trinajstić information content (AvgIpc) is 2.40. The predicted octanol–water partition coefficient (Wildman–Crippen LogP) is 5.05. The maximum atomic E-state index is 5.90. The molecule has 20 heavy (non-hydrogen) atoms. The topological polar surface area (TPSA) is 21.3 Å². The van der Waals surface area contributed by atoms with Crippen molar-refractivity contribution in [1.82, 2.24) is 5.32 Å². The summed E-state index contributed by atoms with van der Waals surface area (Å²) < 4.78 is 6.86. The fraction of sp³-hybridized carbons (Fsp3) is 0.294. The number of para-hydroxylation sites is 1. The highest BCUT2D eigenvalue weighted by atomic mass is 79.9. The number of ether oxygens (including phenoxy) is 1. The molecule has 0 saturated heterocycles. The first-order valence-corrected chi connectivity index (χ1v) is 7.61. The van der Waals surface area contributed by atoms with Crippen LogP contribution in [0.4, 0.5) is 0 Å². The Morgan fingerprint density at radius 2 is 1.90 bits per heavy atom. The minimum absolute atomic E-state index is 0.491. The van der Waals surface area contributed by atoms with Crippen molar-refractivity contribution in [3.8, 4) is 11.5 Å². The molecule has 106 valence electrons. The lowest BCUT2D eigenvalue weighted by Gasteiger charge is -2.13. The molecule has 0 bridgehead atoms. The van der Waals surface area contributed by atoms with Crippen LogP contribution in [0.25, 0.3) is 0 Å². The van der Waals surface area contributed by atoms with Crippen LogP contribution in [-0.4, -0.2) is 6.04 Å². The summed E-state index contributed by atoms with van der Waals surface area (Å²) in [5, 5.41) is 3.43. The van der Waals surface area contributed by atoms with E-state index in [4.69, 9.17) is 4.74 Å². The van der Waals surface area contributed by atoms with Gasteiger partial charge in [0.2, 0.25) is 0 Å². The van der Waals surface area contributed by atoms with Gasteiger partial charge in [-0.2, -0.15) is 0 Å². The molecule has 0 heterocycles. The molecule has 2 rings (SSSR count). The third-order valence-corrected chi connectivity index (χ3v) is 3.73. The highest BCUT2D eigenvalue weighted by Gasteiger charge is 2.05. The fourth-order valence-electron chi connectivity index (χ4n) is 1.90. The monoisotopic (exact) mass is 333 g/mol. The van der Waals surface area contributed by atoms with Gasteiger partial charge in [0, 0.05) is 12.6 Å². The summed E-state index contributed by atoms with van der Waals surface area (Å²) in [6, 6.07) is 14.6. The second-order valence-corrected chi connectivity index (χ2v) is 6.01. The minimum Gasteiger partial charge on any atom is -0.456 e. The molecule has 2 aromatic rings. The Morgan fingerprint density at radius 1 is 1.15 bits per heavy atom. The quantitative estimate of drug-likeness (QED) is 0.826. The maximum absolute atomic E-state index is 5.90. The van der Waals surface area contributed by atoms with Gasteiger partial charge >= 0.3 is 0 Å². The number of benzene rings is 2. The summed E-state index contributed by atoms with van der Waals surface area (Å²) >= 11 is 3.49. The Balaban J connectivity index is 2.11. The van der Waals surface area contributed by atoms with Crippen LogP contribution >= 0.6 is 15.9 Å². The highest BCUT2D eigenvalue weighted by Crippen LogP contribution is 2.30. The van der Waals surface area contributed by atoms with Crippen LogP contribution in [0, 0.1) is 6.92 Å². The van der Waals surface area contributed by atoms with E-state index < -0.39 is 0 Å². The van der Waals surface area contributed by atoms with Crippen molar-refractivity contribution < 1.29 is 4.74 Å². The first kappa shape index (κ1) is 15.1. The molecule has 2 aromatic carbocycles. The van der Waals surface area contributed by atoms with Gasteiger partial charge in [0.15, 0.2) is 0 Å². The maximum Gasteiger partial charge on any atom is 0.141 e. The lowest BCUT2D eigenvalue weighted by Crippen LogP contribution is -2.22. The second-order valence-electron chi connectivity index (χ2n) is 5.16. The Morgan fingerprint density at radius 3 is 2.55 bits per heavy atom. The van der Waals surface area contributed by atoms with Crippen LogP contribution < -0.4 is 10.1 Å². The Hall–Kier alpha value is -1.32. The summed E-state index contributed by atoms with van der Waals surface area (Å²) in [6.45, 7) is 7.31. The average molecular weight is 334 g/mol. The molecule has 0 amide bonds. The van der Waals surface area contributed by atoms with E-state index in [0.29, 0.717) is 6.04 Å². The van der Waals surface area contributed by atoms with Gasteiger partial charge in [-0.25, -0.2) is 0 Å². The number of nitrogens with one attached hydrogen (secondary N) is 1. The number of aryl methyl sites for hydroxylation is 1. The van der Waals surface area contributed by atoms with Gasteiger partial charge in [0.25, 0.3) is 0 Å². The third kappa shape index (κ3) is 4.09. The number of hydrogen-bond acceptors (Lipinski definition) is 2. The van der Waals surface area contributed by atoms with Crippen LogP contribution in [0.2, 0.25) is 0 Å². The van der Waals surface area contributed by atoms with Gasteiger partial charge in [-0.3, -0.25) is 0 Å². The van der Waals surface area contributed by atoms with Gasteiger partial charge in [-0.05, 0) is 58.2 Å². The molecular weight excluding hydrogens is 314 g/mol. The summed E-state index contributed by atoms with van der Waals surface area (Å²) in [7, 11) is 0. The van der Waals surface area contributed by atoms with Crippen molar-refractivity contribution in [2.45, 2.75) is 33.4 Å². The Kier molecular flexibility index (Phi) is 5.21. The highest BCUT2D eigenvalue weighted by molar-refractivity contribution is 9.10. The third-order valence-electron chi connectivity index (χ3n) is 3.08. The Labute approximate surface area is 129 Å². The molecule has 0 aromatic heterocycles. The van der Waals surface area contributed by atoms with Crippen LogP contribution in [0.1, 0.15) is 25.0 Å². The molecule has 1 N–H and O–H groups in total. The van der Waals surface area contributed by atoms with E-state index in [1.54, 1.807) is 0 Å². The van der Waals surface area contributed by atoms with E-state index in [2.05, 4.69) is 54.2 Å². The number of rotatable bonds is 5. The molecule has 0 atom stereocenters. The minimum atomic E-state index is 0.491. The first-order valence-electron chi connectivity index (χ1n) is 6.81. The molecule has 0 aliphatic heterocycles. The van der Waals surface area contributed by atoms with E-state index in [1.807, 2.05) is 30.3 Å². The van der Waals surface area contributed by atoms with Gasteiger partial charge in [0.05, 0.1) is 4.47 Å². The normalized spacial score (nSPS) is 10.8. The molecule has 0 radical (unpaired) electrons. The lowest BCUT2D eigenvalue weighted by atomic mass is 10.1. The molecule has 0 aliphatic rings. The van der Waals surface area contributed by atoms with E-state index in [-0.39, 0.29) is 0 Å². The van der Waals surface area contributed by atoms with Crippen LogP contribution in [-0.2, 0) is 6.54 Å². The van der Waals surface area contributed by atoms with E-state index in [1.165, 1.54) is 11.1 Å². The van der Waals surface area contributed by atoms with Gasteiger partial charge in [0.1, 0.15) is 11.5 Å². The molecule has 3 heteroatoms. The molecular formula is C17H20BrNO. The molecule has 0 aliphatic carbocycles. The van der Waals surface area contributed by atoms with Gasteiger partial charge < -0.3 is 10.1 Å². The number of halogens is 1. The molecule has 0 fully saturated rings. The number of hydrogen-bond donors (Lipinski definition) is 1. The zero-order chi connectivity index (χ0) is 14.5. The predicted molar refractivity (Wildman–Crippen MR) is 87.4 cm³/mol. The molecule has 0 saturated carbocycles. The standard InChI is InChI=1S/C17H20BrNO/c1-12(2)19-11-14-8-9-15(10-13(14)3)20-17-7-5-4-6-16(17)18/h4-10,12,19H,11H2,1-3H3. The summed E-state index contributed by atoms with van der Waals surface area (Å²) in [6.07, 6.45) is 0. The van der Waals surface area contributed by atoms with Crippen LogP contribution in [0.15, 0.2) is 46.9 Å². The van der Waals surface area contributed by atoms with Crippen molar-refractivity contribution in [3.63, 3.8) is 0 Å². The van der Waals surface area contributed by atoms with Crippen molar-refractivity contribution in [2.24, 2.45) is 0 Å². The Bertz CT molecular complexity index is 581. The smallest absolute Gasteiger partial charge is 0.141 e. The van der Waals surface area contributed by atoms with E-state index >= 15 is 0 Å². The first-order chi connectivity index (χ1) is 9.56. The van der Waals surface area contributed by atoms with Crippen LogP contribution in [0.5, 0.6) is 11.5 Å². The zero-order valence-electron chi connectivity index (χ0n) is 12.1. The fourth-order valence-corrected chi connectivity index (χ4v) is 2.26. The SMILES string of the molecule is Cc1cc(Oc2ccccc2Br)ccc1CNC(C)C. The van der Waals surface area contributed by atoms with Crippen LogP contribution in [0.3, 0.4) is 0 Å². The van der Waals surface area contributed by atoms with Crippen molar-refractivity contribution >= 4 is 15.9 Å². The molecule has 0 spiro atoms. The second kappa shape index (κ2) is 6.91. The van der Waals surface area contributed by atoms with Crippen molar-refractivity contribution in [1.29, 1.82) is 0 Å². The molecule has 2 nitrogen and oxygen atoms in total. The van der Waals surface area contributed by atoms with Gasteiger partial charge in [-0.1, -0.05) is 32.0 Å². The summed E-state index contributed by atoms with van der Waals surface area (Å²) in [5.41, 5.74) is 2.54. The lowest BCUT2D eigenvalue weighted by molar-refractivity contribution is 0.478. The summed E-state index contributed by atoms with van der Waals surface area (Å²) in [4.78, 5) is 0.